The van der Waals surface area contributed by atoms with Gasteiger partial charge in [-0.05, 0) is 25.0 Å². The molecule has 1 aromatic rings. The molecule has 0 bridgehead atoms. The Labute approximate surface area is 144 Å². The zero-order valence-corrected chi connectivity index (χ0v) is 14.2. The molecule has 25 heavy (non-hydrogen) atoms. The first-order valence-electron chi connectivity index (χ1n) is 8.12. The molecule has 8 heteroatoms. The van der Waals surface area contributed by atoms with Gasteiger partial charge in [0.05, 0.1) is 19.2 Å². The standard InChI is InChI=1S/C17H20F2N2O4/c1-20-10-17(25-16(20)23)6-3-8-21(9-7-17)15(22)11-4-5-12(18)14(24-2)13(11)19/h4-5H,3,6-10H2,1-2H3. The van der Waals surface area contributed by atoms with Crippen molar-refractivity contribution in [1.29, 1.82) is 0 Å². The molecule has 2 saturated heterocycles. The number of likely N-dealkylation sites (tertiary alicyclic amines) is 1. The lowest BCUT2D eigenvalue weighted by molar-refractivity contribution is 0.0438. The fourth-order valence-corrected chi connectivity index (χ4v) is 3.48. The molecule has 6 nitrogen and oxygen atoms in total. The van der Waals surface area contributed by atoms with Crippen molar-refractivity contribution in [1.82, 2.24) is 9.80 Å². The zero-order valence-electron chi connectivity index (χ0n) is 14.2. The lowest BCUT2D eigenvalue weighted by Gasteiger charge is -2.25. The number of rotatable bonds is 2. The maximum Gasteiger partial charge on any atom is 0.410 e. The largest absolute Gasteiger partial charge is 0.491 e. The average molecular weight is 354 g/mol. The van der Waals surface area contributed by atoms with Crippen LogP contribution in [0, 0.1) is 11.6 Å². The smallest absolute Gasteiger partial charge is 0.410 e. The number of hydrogen-bond donors (Lipinski definition) is 0. The number of ether oxygens (including phenoxy) is 2. The predicted octanol–water partition coefficient (Wildman–Crippen LogP) is 2.42. The molecular weight excluding hydrogens is 334 g/mol. The van der Waals surface area contributed by atoms with Crippen LogP contribution < -0.4 is 4.74 Å². The summed E-state index contributed by atoms with van der Waals surface area (Å²) in [5, 5.41) is 0. The van der Waals surface area contributed by atoms with Gasteiger partial charge >= 0.3 is 6.09 Å². The fraction of sp³-hybridized carbons (Fsp3) is 0.529. The van der Waals surface area contributed by atoms with Gasteiger partial charge in [0.1, 0.15) is 5.60 Å². The second kappa shape index (κ2) is 6.50. The third-order valence-electron chi connectivity index (χ3n) is 4.81. The molecule has 0 aliphatic carbocycles. The number of hydrogen-bond acceptors (Lipinski definition) is 4. The van der Waals surface area contributed by atoms with Crippen molar-refractivity contribution >= 4 is 12.0 Å². The highest BCUT2D eigenvalue weighted by atomic mass is 19.1. The highest BCUT2D eigenvalue weighted by Crippen LogP contribution is 2.33. The topological polar surface area (TPSA) is 59.1 Å². The molecule has 0 saturated carbocycles. The summed E-state index contributed by atoms with van der Waals surface area (Å²) >= 11 is 0. The van der Waals surface area contributed by atoms with E-state index in [1.807, 2.05) is 0 Å². The number of amides is 2. The summed E-state index contributed by atoms with van der Waals surface area (Å²) in [7, 11) is 2.82. The van der Waals surface area contributed by atoms with E-state index in [1.165, 1.54) is 9.80 Å². The Balaban J connectivity index is 1.77. The predicted molar refractivity (Wildman–Crippen MR) is 84.5 cm³/mol. The van der Waals surface area contributed by atoms with Crippen LogP contribution in [0.25, 0.3) is 0 Å². The quantitative estimate of drug-likeness (QED) is 0.818. The van der Waals surface area contributed by atoms with Crippen LogP contribution in [0.1, 0.15) is 29.6 Å². The van der Waals surface area contributed by atoms with Gasteiger partial charge in [0.2, 0.25) is 0 Å². The Morgan fingerprint density at radius 3 is 2.68 bits per heavy atom. The highest BCUT2D eigenvalue weighted by molar-refractivity contribution is 5.95. The van der Waals surface area contributed by atoms with Crippen molar-refractivity contribution in [3.05, 3.63) is 29.3 Å². The molecular formula is C17H20F2N2O4. The number of carbonyl (C=O) groups is 2. The van der Waals surface area contributed by atoms with Crippen LogP contribution in [0.5, 0.6) is 5.75 Å². The van der Waals surface area contributed by atoms with Gasteiger partial charge in [-0.25, -0.2) is 13.6 Å². The fourth-order valence-electron chi connectivity index (χ4n) is 3.48. The average Bonchev–Trinajstić information content (AvgIpc) is 2.72. The van der Waals surface area contributed by atoms with Gasteiger partial charge in [0.25, 0.3) is 5.91 Å². The van der Waals surface area contributed by atoms with E-state index in [1.54, 1.807) is 7.05 Å². The van der Waals surface area contributed by atoms with Gasteiger partial charge in [0, 0.05) is 26.6 Å². The first kappa shape index (κ1) is 17.4. The Morgan fingerprint density at radius 1 is 1.28 bits per heavy atom. The molecule has 1 unspecified atom stereocenters. The Morgan fingerprint density at radius 2 is 2.04 bits per heavy atom. The second-order valence-corrected chi connectivity index (χ2v) is 6.49. The van der Waals surface area contributed by atoms with Crippen LogP contribution >= 0.6 is 0 Å². The van der Waals surface area contributed by atoms with E-state index in [0.29, 0.717) is 38.9 Å². The summed E-state index contributed by atoms with van der Waals surface area (Å²) in [5.41, 5.74) is -0.824. The summed E-state index contributed by atoms with van der Waals surface area (Å²) in [5.74, 6) is -2.94. The molecule has 3 rings (SSSR count). The third-order valence-corrected chi connectivity index (χ3v) is 4.81. The minimum atomic E-state index is -1.00. The number of likely N-dealkylation sites (N-methyl/N-ethyl adjacent to an activating group) is 1. The Bertz CT molecular complexity index is 712. The van der Waals surface area contributed by atoms with Crippen LogP contribution in [-0.4, -0.2) is 61.2 Å². The molecule has 2 aliphatic rings. The van der Waals surface area contributed by atoms with Crippen molar-refractivity contribution in [2.75, 3.05) is 33.8 Å². The first-order valence-corrected chi connectivity index (χ1v) is 8.12. The van der Waals surface area contributed by atoms with Gasteiger partial charge in [-0.1, -0.05) is 0 Å². The SMILES string of the molecule is COc1c(F)ccc(C(=O)N2CCCC3(CC2)CN(C)C(=O)O3)c1F. The van der Waals surface area contributed by atoms with Gasteiger partial charge in [0.15, 0.2) is 17.4 Å². The van der Waals surface area contributed by atoms with E-state index in [-0.39, 0.29) is 11.7 Å². The molecule has 1 spiro atoms. The summed E-state index contributed by atoms with van der Waals surface area (Å²) in [6.07, 6.45) is 1.39. The first-order chi connectivity index (χ1) is 11.9. The van der Waals surface area contributed by atoms with Gasteiger partial charge < -0.3 is 19.3 Å². The molecule has 2 amide bonds. The van der Waals surface area contributed by atoms with Crippen LogP contribution in [0.2, 0.25) is 0 Å². The molecule has 1 aromatic carbocycles. The van der Waals surface area contributed by atoms with Gasteiger partial charge in [-0.2, -0.15) is 0 Å². The van der Waals surface area contributed by atoms with E-state index < -0.39 is 28.9 Å². The minimum absolute atomic E-state index is 0.227. The van der Waals surface area contributed by atoms with Gasteiger partial charge in [-0.15, -0.1) is 0 Å². The lowest BCUT2D eigenvalue weighted by Crippen LogP contribution is -2.37. The number of nitrogens with zero attached hydrogens (tertiary/aromatic N) is 2. The normalized spacial score (nSPS) is 23.6. The summed E-state index contributed by atoms with van der Waals surface area (Å²) in [6.45, 7) is 1.23. The van der Waals surface area contributed by atoms with Crippen LogP contribution in [0.4, 0.5) is 13.6 Å². The molecule has 2 aliphatic heterocycles. The van der Waals surface area contributed by atoms with Crippen LogP contribution in [0.15, 0.2) is 12.1 Å². The van der Waals surface area contributed by atoms with E-state index in [9.17, 15) is 18.4 Å². The second-order valence-electron chi connectivity index (χ2n) is 6.49. The van der Waals surface area contributed by atoms with Crippen molar-refractivity contribution < 1.29 is 27.8 Å². The van der Waals surface area contributed by atoms with Crippen LogP contribution in [0.3, 0.4) is 0 Å². The maximum atomic E-state index is 14.3. The van der Waals surface area contributed by atoms with Crippen molar-refractivity contribution in [3.63, 3.8) is 0 Å². The maximum absolute atomic E-state index is 14.3. The summed E-state index contributed by atoms with van der Waals surface area (Å²) in [6, 6.07) is 2.14. The number of benzene rings is 1. The molecule has 0 radical (unpaired) electrons. The summed E-state index contributed by atoms with van der Waals surface area (Å²) < 4.78 is 38.1. The lowest BCUT2D eigenvalue weighted by atomic mass is 9.95. The minimum Gasteiger partial charge on any atom is -0.491 e. The number of methoxy groups -OCH3 is 1. The van der Waals surface area contributed by atoms with E-state index >= 15 is 0 Å². The number of carbonyl (C=O) groups excluding carboxylic acids is 2. The molecule has 1 atom stereocenters. The van der Waals surface area contributed by atoms with E-state index in [4.69, 9.17) is 9.47 Å². The zero-order chi connectivity index (χ0) is 18.2. The van der Waals surface area contributed by atoms with Crippen LogP contribution in [-0.2, 0) is 4.74 Å². The van der Waals surface area contributed by atoms with E-state index in [2.05, 4.69) is 0 Å². The van der Waals surface area contributed by atoms with E-state index in [0.717, 1.165) is 19.2 Å². The molecule has 0 aromatic heterocycles. The van der Waals surface area contributed by atoms with Gasteiger partial charge in [-0.3, -0.25) is 4.79 Å². The Hall–Kier alpha value is -2.38. The highest BCUT2D eigenvalue weighted by Gasteiger charge is 2.44. The van der Waals surface area contributed by atoms with Crippen molar-refractivity contribution in [2.45, 2.75) is 24.9 Å². The monoisotopic (exact) mass is 354 g/mol. The summed E-state index contributed by atoms with van der Waals surface area (Å²) in [4.78, 5) is 27.4. The molecule has 2 fully saturated rings. The van der Waals surface area contributed by atoms with Crippen molar-refractivity contribution in [3.8, 4) is 5.75 Å². The molecule has 2 heterocycles. The molecule has 136 valence electrons. The Kier molecular flexibility index (Phi) is 4.53. The van der Waals surface area contributed by atoms with Crippen molar-refractivity contribution in [2.24, 2.45) is 0 Å². The number of halogens is 2. The molecule has 0 N–H and O–H groups in total. The third kappa shape index (κ3) is 3.12.